The van der Waals surface area contributed by atoms with Crippen LogP contribution in [0.25, 0.3) is 0 Å². The Morgan fingerprint density at radius 2 is 0.905 bits per heavy atom. The molecule has 0 aromatic carbocycles. The fourth-order valence-electron chi connectivity index (χ4n) is 1.95. The van der Waals surface area contributed by atoms with Gasteiger partial charge in [-0.2, -0.15) is 0 Å². The van der Waals surface area contributed by atoms with E-state index in [0.717, 1.165) is 19.3 Å². The van der Waals surface area contributed by atoms with Crippen LogP contribution in [-0.2, 0) is 17.7 Å². The largest absolute Gasteiger partial charge is 0.679 e. The molecule has 4 nitrogen and oxygen atoms in total. The molecule has 0 aliphatic rings. The molecule has 0 aliphatic carbocycles. The van der Waals surface area contributed by atoms with Gasteiger partial charge in [0.2, 0.25) is 0 Å². The molecule has 0 amide bonds. The van der Waals surface area contributed by atoms with Crippen molar-refractivity contribution in [2.24, 2.45) is 0 Å². The quantitative estimate of drug-likeness (QED) is 0.305. The van der Waals surface area contributed by atoms with Gasteiger partial charge in [-0.3, -0.25) is 0 Å². The van der Waals surface area contributed by atoms with Crippen molar-refractivity contribution >= 4 is 9.05 Å². The minimum absolute atomic E-state index is 0.662. The first-order valence-corrected chi connectivity index (χ1v) is 10.3. The summed E-state index contributed by atoms with van der Waals surface area (Å²) in [6, 6.07) is 0. The number of hydrogen-bond donors (Lipinski definition) is 0. The van der Waals surface area contributed by atoms with Gasteiger partial charge in [-0.1, -0.05) is 59.3 Å². The smallest absolute Gasteiger partial charge is 0.355 e. The van der Waals surface area contributed by atoms with Crippen LogP contribution in [0.3, 0.4) is 0 Å². The van der Waals surface area contributed by atoms with Crippen LogP contribution in [0.5, 0.6) is 0 Å². The van der Waals surface area contributed by atoms with Crippen LogP contribution in [0, 0.1) is 0 Å². The molecule has 0 heterocycles. The molecule has 0 spiro atoms. The average Bonchev–Trinajstić information content (AvgIpc) is 2.51. The molecular formula is C16H36O4Si. The third kappa shape index (κ3) is 11.3. The van der Waals surface area contributed by atoms with E-state index in [0.29, 0.717) is 19.8 Å². The second-order valence-electron chi connectivity index (χ2n) is 5.37. The van der Waals surface area contributed by atoms with E-state index >= 15 is 0 Å². The van der Waals surface area contributed by atoms with Crippen LogP contribution >= 0.6 is 0 Å². The minimum atomic E-state index is -2.92. The Hall–Kier alpha value is 0.0569. The van der Waals surface area contributed by atoms with Crippen LogP contribution in [0.2, 0.25) is 0 Å². The van der Waals surface area contributed by atoms with Gasteiger partial charge in [0.25, 0.3) is 0 Å². The number of hydrogen-bond acceptors (Lipinski definition) is 4. The lowest BCUT2D eigenvalue weighted by Gasteiger charge is -2.26. The molecule has 0 N–H and O–H groups in total. The van der Waals surface area contributed by atoms with E-state index in [9.17, 15) is 0 Å². The molecule has 0 aliphatic heterocycles. The summed E-state index contributed by atoms with van der Waals surface area (Å²) in [4.78, 5) is 0. The van der Waals surface area contributed by atoms with E-state index < -0.39 is 9.05 Å². The van der Waals surface area contributed by atoms with E-state index in [1.807, 2.05) is 0 Å². The van der Waals surface area contributed by atoms with E-state index in [1.54, 1.807) is 7.11 Å². The van der Waals surface area contributed by atoms with Crippen LogP contribution in [-0.4, -0.2) is 36.0 Å². The predicted molar refractivity (Wildman–Crippen MR) is 89.2 cm³/mol. The fraction of sp³-hybridized carbons (Fsp3) is 1.00. The fourth-order valence-corrected chi connectivity index (χ4v) is 3.74. The maximum absolute atomic E-state index is 5.91. The number of unbranched alkanes of at least 4 members (excludes halogenated alkanes) is 6. The third-order valence-corrected chi connectivity index (χ3v) is 5.50. The lowest BCUT2D eigenvalue weighted by Crippen LogP contribution is -2.49. The molecule has 0 atom stereocenters. The Bertz CT molecular complexity index is 183. The van der Waals surface area contributed by atoms with Crippen molar-refractivity contribution in [3.63, 3.8) is 0 Å². The first-order valence-electron chi connectivity index (χ1n) is 8.71. The summed E-state index contributed by atoms with van der Waals surface area (Å²) in [6.45, 7) is 8.54. The van der Waals surface area contributed by atoms with Crippen molar-refractivity contribution in [3.8, 4) is 0 Å². The summed E-state index contributed by atoms with van der Waals surface area (Å²) >= 11 is 0. The molecule has 0 aromatic heterocycles. The lowest BCUT2D eigenvalue weighted by atomic mass is 10.3. The molecule has 0 unspecified atom stereocenters. The van der Waals surface area contributed by atoms with E-state index in [4.69, 9.17) is 17.7 Å². The molecule has 0 fully saturated rings. The van der Waals surface area contributed by atoms with Crippen LogP contribution in [0.4, 0.5) is 0 Å². The van der Waals surface area contributed by atoms with Gasteiger partial charge in [-0.05, 0) is 19.3 Å². The molecule has 0 aromatic rings. The van der Waals surface area contributed by atoms with Crippen molar-refractivity contribution in [3.05, 3.63) is 0 Å². The molecule has 0 saturated heterocycles. The van der Waals surface area contributed by atoms with E-state index in [1.165, 1.54) is 38.5 Å². The molecular weight excluding hydrogens is 284 g/mol. The Morgan fingerprint density at radius 3 is 1.14 bits per heavy atom. The molecule has 0 bridgehead atoms. The van der Waals surface area contributed by atoms with Gasteiger partial charge in [0.1, 0.15) is 0 Å². The summed E-state index contributed by atoms with van der Waals surface area (Å²) in [5.74, 6) is 0. The zero-order valence-corrected chi connectivity index (χ0v) is 15.6. The van der Waals surface area contributed by atoms with E-state index in [2.05, 4.69) is 20.8 Å². The maximum atomic E-state index is 5.91. The highest BCUT2D eigenvalue weighted by molar-refractivity contribution is 6.53. The highest BCUT2D eigenvalue weighted by atomic mass is 28.4. The zero-order valence-electron chi connectivity index (χ0n) is 14.6. The van der Waals surface area contributed by atoms with E-state index in [-0.39, 0.29) is 0 Å². The SMILES string of the molecule is CCCCCO[Si](OC)(OCCCCC)OCCCCC. The van der Waals surface area contributed by atoms with Crippen LogP contribution in [0.1, 0.15) is 78.6 Å². The predicted octanol–water partition coefficient (Wildman–Crippen LogP) is 4.69. The van der Waals surface area contributed by atoms with Gasteiger partial charge in [-0.25, -0.2) is 0 Å². The third-order valence-electron chi connectivity index (χ3n) is 3.33. The molecule has 0 radical (unpaired) electrons. The molecule has 0 rings (SSSR count). The average molecular weight is 321 g/mol. The molecule has 0 saturated carbocycles. The van der Waals surface area contributed by atoms with Gasteiger partial charge >= 0.3 is 9.05 Å². The Morgan fingerprint density at radius 1 is 0.571 bits per heavy atom. The summed E-state index contributed by atoms with van der Waals surface area (Å²) in [7, 11) is -1.27. The Balaban J connectivity index is 4.22. The first kappa shape index (κ1) is 21.1. The highest BCUT2D eigenvalue weighted by Crippen LogP contribution is 2.14. The lowest BCUT2D eigenvalue weighted by molar-refractivity contribution is -0.0245. The summed E-state index contributed by atoms with van der Waals surface area (Å²) in [5, 5.41) is 0. The summed E-state index contributed by atoms with van der Waals surface area (Å²) < 4.78 is 23.3. The topological polar surface area (TPSA) is 36.9 Å². The number of rotatable bonds is 16. The van der Waals surface area contributed by atoms with Crippen LogP contribution in [0.15, 0.2) is 0 Å². The van der Waals surface area contributed by atoms with Gasteiger partial charge in [-0.15, -0.1) is 0 Å². The second-order valence-corrected chi connectivity index (χ2v) is 7.65. The van der Waals surface area contributed by atoms with Gasteiger partial charge in [0.05, 0.1) is 0 Å². The highest BCUT2D eigenvalue weighted by Gasteiger charge is 2.44. The first-order chi connectivity index (χ1) is 10.2. The summed E-state index contributed by atoms with van der Waals surface area (Å²) in [5.41, 5.74) is 0. The van der Waals surface area contributed by atoms with Crippen LogP contribution < -0.4 is 0 Å². The second kappa shape index (κ2) is 15.0. The standard InChI is InChI=1S/C16H36O4Si/c1-5-8-11-14-18-21(17-4,19-15-12-9-6-2)20-16-13-10-7-3/h5-16H2,1-4H3. The van der Waals surface area contributed by atoms with Gasteiger partial charge < -0.3 is 17.7 Å². The van der Waals surface area contributed by atoms with Gasteiger partial charge in [0, 0.05) is 26.9 Å². The van der Waals surface area contributed by atoms with Crippen molar-refractivity contribution in [1.29, 1.82) is 0 Å². The molecule has 128 valence electrons. The Labute approximate surface area is 133 Å². The van der Waals surface area contributed by atoms with Gasteiger partial charge in [0.15, 0.2) is 0 Å². The maximum Gasteiger partial charge on any atom is 0.679 e. The van der Waals surface area contributed by atoms with Crippen molar-refractivity contribution in [2.75, 3.05) is 26.9 Å². The van der Waals surface area contributed by atoms with Crippen molar-refractivity contribution < 1.29 is 17.7 Å². The molecule has 5 heteroatoms. The molecule has 21 heavy (non-hydrogen) atoms. The van der Waals surface area contributed by atoms with Crippen molar-refractivity contribution in [2.45, 2.75) is 78.6 Å². The minimum Gasteiger partial charge on any atom is -0.355 e. The normalized spacial score (nSPS) is 12.0. The van der Waals surface area contributed by atoms with Crippen molar-refractivity contribution in [1.82, 2.24) is 0 Å². The summed E-state index contributed by atoms with van der Waals surface area (Å²) in [6.07, 6.45) is 10.1. The Kier molecular flexibility index (Phi) is 15.0. The zero-order chi connectivity index (χ0) is 15.8. The monoisotopic (exact) mass is 320 g/mol.